The zero-order valence-corrected chi connectivity index (χ0v) is 18.1. The molecule has 1 atom stereocenters. The number of hydrogen-bond acceptors (Lipinski definition) is 6. The third-order valence-electron chi connectivity index (χ3n) is 4.28. The van der Waals surface area contributed by atoms with Gasteiger partial charge in [0.1, 0.15) is 16.8 Å². The number of thioether (sulfide) groups is 1. The van der Waals surface area contributed by atoms with Gasteiger partial charge in [0.05, 0.1) is 12.0 Å². The predicted octanol–water partition coefficient (Wildman–Crippen LogP) is 3.42. The van der Waals surface area contributed by atoms with E-state index in [0.29, 0.717) is 17.9 Å². The molecular formula is C20H22ClN3O5S. The van der Waals surface area contributed by atoms with Crippen molar-refractivity contribution >= 4 is 40.9 Å². The zero-order valence-electron chi connectivity index (χ0n) is 16.5. The average Bonchev–Trinajstić information content (AvgIpc) is 2.74. The fourth-order valence-electron chi connectivity index (χ4n) is 2.69. The minimum atomic E-state index is -0.797. The van der Waals surface area contributed by atoms with Crippen molar-refractivity contribution in [3.05, 3.63) is 68.7 Å². The van der Waals surface area contributed by atoms with Crippen LogP contribution in [-0.4, -0.2) is 41.9 Å². The largest absolute Gasteiger partial charge is 0.496 e. The lowest BCUT2D eigenvalue weighted by atomic mass is 10.1. The first-order valence-electron chi connectivity index (χ1n) is 9.00. The Kier molecular flexibility index (Phi) is 8.94. The monoisotopic (exact) mass is 451 g/mol. The fraction of sp³-hybridized carbons (Fsp3) is 0.300. The Labute approximate surface area is 183 Å². The van der Waals surface area contributed by atoms with Gasteiger partial charge in [0.15, 0.2) is 0 Å². The van der Waals surface area contributed by atoms with E-state index in [2.05, 4.69) is 10.6 Å². The molecule has 0 unspecified atom stereocenters. The van der Waals surface area contributed by atoms with Gasteiger partial charge in [0, 0.05) is 23.7 Å². The van der Waals surface area contributed by atoms with E-state index < -0.39 is 16.9 Å². The van der Waals surface area contributed by atoms with Gasteiger partial charge in [-0.2, -0.15) is 11.8 Å². The Bertz CT molecular complexity index is 925. The molecule has 0 aliphatic carbocycles. The van der Waals surface area contributed by atoms with Gasteiger partial charge < -0.3 is 15.4 Å². The van der Waals surface area contributed by atoms with Gasteiger partial charge in [0.25, 0.3) is 11.6 Å². The molecule has 2 amide bonds. The maximum Gasteiger partial charge on any atom is 0.288 e. The van der Waals surface area contributed by atoms with Crippen molar-refractivity contribution in [2.24, 2.45) is 0 Å². The molecule has 2 N–H and O–H groups in total. The van der Waals surface area contributed by atoms with Gasteiger partial charge in [0.2, 0.25) is 5.91 Å². The number of hydrogen-bond donors (Lipinski definition) is 2. The summed E-state index contributed by atoms with van der Waals surface area (Å²) >= 11 is 7.34. The molecule has 0 saturated carbocycles. The molecule has 0 heterocycles. The van der Waals surface area contributed by atoms with E-state index in [9.17, 15) is 19.7 Å². The van der Waals surface area contributed by atoms with Gasteiger partial charge in [-0.1, -0.05) is 29.8 Å². The minimum absolute atomic E-state index is 0.0535. The summed E-state index contributed by atoms with van der Waals surface area (Å²) in [5, 5.41) is 16.5. The van der Waals surface area contributed by atoms with E-state index in [1.165, 1.54) is 12.1 Å². The summed E-state index contributed by atoms with van der Waals surface area (Å²) in [7, 11) is 1.55. The molecule has 0 radical (unpaired) electrons. The highest BCUT2D eigenvalue weighted by Crippen LogP contribution is 2.25. The smallest absolute Gasteiger partial charge is 0.288 e. The van der Waals surface area contributed by atoms with Crippen LogP contribution in [0.25, 0.3) is 0 Å². The van der Waals surface area contributed by atoms with Crippen LogP contribution in [0.5, 0.6) is 5.75 Å². The van der Waals surface area contributed by atoms with Crippen molar-refractivity contribution in [1.29, 1.82) is 0 Å². The number of carbonyl (C=O) groups is 2. The highest BCUT2D eigenvalue weighted by molar-refractivity contribution is 7.98. The Hall–Kier alpha value is -2.78. The molecule has 10 heteroatoms. The second-order valence-electron chi connectivity index (χ2n) is 6.26. The van der Waals surface area contributed by atoms with Crippen molar-refractivity contribution in [2.75, 3.05) is 19.1 Å². The summed E-state index contributed by atoms with van der Waals surface area (Å²) in [6.45, 7) is 0.237. The first-order chi connectivity index (χ1) is 14.4. The fourth-order valence-corrected chi connectivity index (χ4v) is 3.35. The molecule has 0 bridgehead atoms. The van der Waals surface area contributed by atoms with Gasteiger partial charge >= 0.3 is 0 Å². The van der Waals surface area contributed by atoms with E-state index in [4.69, 9.17) is 16.3 Å². The third-order valence-corrected chi connectivity index (χ3v) is 5.25. The summed E-state index contributed by atoms with van der Waals surface area (Å²) < 4.78 is 5.28. The van der Waals surface area contributed by atoms with Crippen LogP contribution in [0.4, 0.5) is 5.69 Å². The first-order valence-corrected chi connectivity index (χ1v) is 10.8. The normalized spacial score (nSPS) is 11.4. The summed E-state index contributed by atoms with van der Waals surface area (Å²) in [5.74, 6) is 0.351. The predicted molar refractivity (Wildman–Crippen MR) is 117 cm³/mol. The summed E-state index contributed by atoms with van der Waals surface area (Å²) in [6.07, 6.45) is 2.30. The second kappa shape index (κ2) is 11.4. The van der Waals surface area contributed by atoms with E-state index in [0.717, 1.165) is 11.6 Å². The van der Waals surface area contributed by atoms with E-state index in [1.807, 2.05) is 24.5 Å². The summed E-state index contributed by atoms with van der Waals surface area (Å²) in [4.78, 5) is 35.7. The number of benzene rings is 2. The summed E-state index contributed by atoms with van der Waals surface area (Å²) in [5.41, 5.74) is 0.486. The van der Waals surface area contributed by atoms with Crippen molar-refractivity contribution in [1.82, 2.24) is 10.6 Å². The molecule has 2 aromatic rings. The molecule has 0 saturated heterocycles. The van der Waals surface area contributed by atoms with Crippen LogP contribution in [-0.2, 0) is 11.3 Å². The van der Waals surface area contributed by atoms with Crippen molar-refractivity contribution in [3.8, 4) is 5.75 Å². The summed E-state index contributed by atoms with van der Waals surface area (Å²) in [6, 6.07) is 10.3. The van der Waals surface area contributed by atoms with Crippen molar-refractivity contribution in [2.45, 2.75) is 19.0 Å². The van der Waals surface area contributed by atoms with Crippen LogP contribution in [0.2, 0.25) is 5.02 Å². The van der Waals surface area contributed by atoms with E-state index >= 15 is 0 Å². The Morgan fingerprint density at radius 3 is 2.67 bits per heavy atom. The molecule has 0 aliphatic rings. The van der Waals surface area contributed by atoms with Crippen molar-refractivity contribution in [3.63, 3.8) is 0 Å². The number of methoxy groups -OCH3 is 1. The maximum atomic E-state index is 12.7. The molecule has 2 aromatic carbocycles. The molecule has 0 aliphatic heterocycles. The maximum absolute atomic E-state index is 12.7. The molecule has 0 aromatic heterocycles. The van der Waals surface area contributed by atoms with Crippen molar-refractivity contribution < 1.29 is 19.2 Å². The molecular weight excluding hydrogens is 430 g/mol. The topological polar surface area (TPSA) is 111 Å². The minimum Gasteiger partial charge on any atom is -0.496 e. The number of carbonyl (C=O) groups excluding carboxylic acids is 2. The first kappa shape index (κ1) is 23.5. The van der Waals surface area contributed by atoms with Crippen LogP contribution in [0.15, 0.2) is 42.5 Å². The van der Waals surface area contributed by atoms with Crippen LogP contribution < -0.4 is 15.4 Å². The highest BCUT2D eigenvalue weighted by Gasteiger charge is 2.23. The van der Waals surface area contributed by atoms with Gasteiger partial charge in [-0.05, 0) is 36.6 Å². The molecule has 0 spiro atoms. The van der Waals surface area contributed by atoms with Crippen LogP contribution in [0.1, 0.15) is 22.3 Å². The van der Waals surface area contributed by atoms with E-state index in [1.54, 1.807) is 24.9 Å². The Balaban J connectivity index is 2.11. The van der Waals surface area contributed by atoms with E-state index in [-0.39, 0.29) is 28.7 Å². The number of halogens is 1. The van der Waals surface area contributed by atoms with Gasteiger partial charge in [-0.15, -0.1) is 0 Å². The molecule has 2 rings (SSSR count). The lowest BCUT2D eigenvalue weighted by molar-refractivity contribution is -0.384. The number of nitrogens with one attached hydrogen (secondary N) is 2. The zero-order chi connectivity index (χ0) is 22.1. The van der Waals surface area contributed by atoms with Gasteiger partial charge in [-0.25, -0.2) is 0 Å². The molecule has 0 fully saturated rings. The second-order valence-corrected chi connectivity index (χ2v) is 7.65. The number of rotatable bonds is 10. The quantitative estimate of drug-likeness (QED) is 0.423. The number of nitro groups is 1. The lowest BCUT2D eigenvalue weighted by Crippen LogP contribution is -2.46. The average molecular weight is 452 g/mol. The number of ether oxygens (including phenoxy) is 1. The number of nitrogens with zero attached hydrogens (tertiary/aromatic N) is 1. The highest BCUT2D eigenvalue weighted by atomic mass is 35.5. The van der Waals surface area contributed by atoms with Crippen LogP contribution in [0.3, 0.4) is 0 Å². The van der Waals surface area contributed by atoms with Gasteiger partial charge in [-0.3, -0.25) is 19.7 Å². The Morgan fingerprint density at radius 1 is 1.27 bits per heavy atom. The number of amides is 2. The SMILES string of the molecule is COc1ccccc1CNC(=O)[C@@H](CCSC)NC(=O)c1ccc(Cl)c([N+](=O)[O-])c1. The standard InChI is InChI=1S/C20H22ClN3O5S/c1-29-18-6-4-3-5-14(18)12-22-20(26)16(9-10-30-2)23-19(25)13-7-8-15(21)17(11-13)24(27)28/h3-8,11,16H,9-10,12H2,1-2H3,(H,22,26)(H,23,25)/t16-/m1/s1. The molecule has 30 heavy (non-hydrogen) atoms. The van der Waals surface area contributed by atoms with Crippen LogP contribution >= 0.6 is 23.4 Å². The number of nitro benzene ring substituents is 1. The molecule has 8 nitrogen and oxygen atoms in total. The lowest BCUT2D eigenvalue weighted by Gasteiger charge is -2.19. The van der Waals surface area contributed by atoms with Crippen LogP contribution in [0, 0.1) is 10.1 Å². The third kappa shape index (κ3) is 6.36. The molecule has 160 valence electrons. The number of para-hydroxylation sites is 1. The Morgan fingerprint density at radius 2 is 2.00 bits per heavy atom.